The van der Waals surface area contributed by atoms with E-state index in [4.69, 9.17) is 23.2 Å². The Bertz CT molecular complexity index is 602. The lowest BCUT2D eigenvalue weighted by molar-refractivity contribution is -0.137. The summed E-state index contributed by atoms with van der Waals surface area (Å²) in [6.45, 7) is 0. The molecule has 0 aliphatic heterocycles. The van der Waals surface area contributed by atoms with Gasteiger partial charge >= 0.3 is 21.7 Å². The molecule has 0 heterocycles. The smallest absolute Gasteiger partial charge is 0.273 e. The van der Waals surface area contributed by atoms with Crippen LogP contribution in [0.2, 0.25) is 10.0 Å². The number of alkyl halides is 6. The summed E-state index contributed by atoms with van der Waals surface area (Å²) in [5, 5.41) is -1.84. The first kappa shape index (κ1) is 17.2. The van der Waals surface area contributed by atoms with Crippen molar-refractivity contribution < 1.29 is 34.8 Å². The molecule has 0 atom stereocenters. The Morgan fingerprint density at radius 3 is 1.65 bits per heavy atom. The number of benzene rings is 1. The van der Waals surface area contributed by atoms with Crippen LogP contribution in [0.15, 0.2) is 12.1 Å². The highest BCUT2D eigenvalue weighted by atomic mass is 35.5. The van der Waals surface area contributed by atoms with E-state index in [9.17, 15) is 34.8 Å². The van der Waals surface area contributed by atoms with E-state index in [1.54, 1.807) is 0 Å². The number of sulfonamides is 1. The highest BCUT2D eigenvalue weighted by molar-refractivity contribution is 7.93. The topological polar surface area (TPSA) is 46.2 Å². The van der Waals surface area contributed by atoms with Gasteiger partial charge in [-0.2, -0.15) is 34.8 Å². The van der Waals surface area contributed by atoms with Crippen LogP contribution in [-0.4, -0.2) is 13.9 Å². The first-order valence-corrected chi connectivity index (χ1v) is 6.65. The van der Waals surface area contributed by atoms with E-state index < -0.39 is 43.0 Å². The van der Waals surface area contributed by atoms with Crippen LogP contribution in [0.5, 0.6) is 0 Å². The Labute approximate surface area is 118 Å². The molecule has 1 aromatic carbocycles. The third kappa shape index (κ3) is 3.61. The molecule has 1 N–H and O–H groups in total. The maximum absolute atomic E-state index is 12.4. The summed E-state index contributed by atoms with van der Waals surface area (Å²) in [7, 11) is -5.84. The van der Waals surface area contributed by atoms with Crippen molar-refractivity contribution >= 4 is 38.9 Å². The number of halogens is 8. The van der Waals surface area contributed by atoms with Crippen molar-refractivity contribution in [3.63, 3.8) is 0 Å². The fourth-order valence-corrected chi connectivity index (χ4v) is 2.32. The van der Waals surface area contributed by atoms with Crippen LogP contribution >= 0.6 is 23.2 Å². The lowest BCUT2D eigenvalue weighted by Gasteiger charge is -2.15. The molecule has 0 aliphatic carbocycles. The van der Waals surface area contributed by atoms with E-state index in [0.29, 0.717) is 0 Å². The van der Waals surface area contributed by atoms with Crippen molar-refractivity contribution in [1.29, 1.82) is 0 Å². The molecule has 1 aromatic rings. The molecule has 0 aromatic heterocycles. The average molecular weight is 362 g/mol. The van der Waals surface area contributed by atoms with Gasteiger partial charge in [-0.25, -0.2) is 0 Å². The Balaban J connectivity index is 3.31. The fourth-order valence-electron chi connectivity index (χ4n) is 1.03. The number of hydrogen-bond acceptors (Lipinski definition) is 2. The molecule has 0 fully saturated rings. The molecule has 1 rings (SSSR count). The van der Waals surface area contributed by atoms with Crippen LogP contribution in [0.1, 0.15) is 5.56 Å². The van der Waals surface area contributed by atoms with Gasteiger partial charge in [0.05, 0.1) is 21.3 Å². The van der Waals surface area contributed by atoms with Gasteiger partial charge in [-0.3, -0.25) is 4.72 Å². The SMILES string of the molecule is O=S(=O)(Nc1c(Cl)cc(C(F)(F)F)cc1Cl)C(F)(F)F. The van der Waals surface area contributed by atoms with Crippen LogP contribution in [-0.2, 0) is 16.2 Å². The van der Waals surface area contributed by atoms with Crippen molar-refractivity contribution in [1.82, 2.24) is 0 Å². The minimum absolute atomic E-state index is 0.252. The molecule has 20 heavy (non-hydrogen) atoms. The quantitative estimate of drug-likeness (QED) is 0.799. The van der Waals surface area contributed by atoms with E-state index in [2.05, 4.69) is 0 Å². The lowest BCUT2D eigenvalue weighted by atomic mass is 10.2. The Morgan fingerprint density at radius 2 is 1.35 bits per heavy atom. The third-order valence-corrected chi connectivity index (χ3v) is 3.59. The maximum Gasteiger partial charge on any atom is 0.516 e. The number of anilines is 1. The molecule has 0 unspecified atom stereocenters. The van der Waals surface area contributed by atoms with Crippen molar-refractivity contribution in [2.24, 2.45) is 0 Å². The summed E-state index contributed by atoms with van der Waals surface area (Å²) >= 11 is 10.6. The van der Waals surface area contributed by atoms with E-state index in [1.165, 1.54) is 0 Å². The summed E-state index contributed by atoms with van der Waals surface area (Å²) in [5.74, 6) is 0. The molecule has 0 radical (unpaired) electrons. The Kier molecular flexibility index (Phi) is 4.43. The van der Waals surface area contributed by atoms with Gasteiger partial charge < -0.3 is 0 Å². The molecular weight excluding hydrogens is 359 g/mol. The molecule has 0 bridgehead atoms. The van der Waals surface area contributed by atoms with Gasteiger partial charge in [-0.15, -0.1) is 0 Å². The number of nitrogens with one attached hydrogen (secondary N) is 1. The summed E-state index contributed by atoms with van der Waals surface area (Å²) in [6.07, 6.45) is -4.84. The molecule has 3 nitrogen and oxygen atoms in total. The van der Waals surface area contributed by atoms with Gasteiger partial charge in [0.2, 0.25) is 0 Å². The fraction of sp³-hybridized carbons (Fsp3) is 0.250. The molecule has 0 saturated carbocycles. The van der Waals surface area contributed by atoms with Crippen molar-refractivity contribution in [3.8, 4) is 0 Å². The normalized spacial score (nSPS) is 13.4. The predicted molar refractivity (Wildman–Crippen MR) is 60.1 cm³/mol. The molecule has 0 spiro atoms. The van der Waals surface area contributed by atoms with Crippen molar-refractivity contribution in [3.05, 3.63) is 27.7 Å². The predicted octanol–water partition coefficient (Wildman–Crippen LogP) is 4.27. The van der Waals surface area contributed by atoms with E-state index >= 15 is 0 Å². The zero-order valence-corrected chi connectivity index (χ0v) is 11.2. The lowest BCUT2D eigenvalue weighted by Crippen LogP contribution is -2.30. The van der Waals surface area contributed by atoms with Crippen LogP contribution in [0.25, 0.3) is 0 Å². The van der Waals surface area contributed by atoms with Crippen LogP contribution in [0, 0.1) is 0 Å². The number of rotatable bonds is 2. The largest absolute Gasteiger partial charge is 0.516 e. The molecule has 0 aliphatic rings. The van der Waals surface area contributed by atoms with E-state index in [1.807, 2.05) is 0 Å². The van der Waals surface area contributed by atoms with Crippen molar-refractivity contribution in [2.75, 3.05) is 4.72 Å². The van der Waals surface area contributed by atoms with Crippen LogP contribution in [0.4, 0.5) is 32.0 Å². The summed E-state index contributed by atoms with van der Waals surface area (Å²) < 4.78 is 96.2. The first-order valence-electron chi connectivity index (χ1n) is 4.41. The standard InChI is InChI=1S/C8H3Cl2F6NO2S/c9-4-1-3(7(11,12)13)2-5(10)6(4)17-20(18,19)8(14,15)16/h1-2,17H. The van der Waals surface area contributed by atoms with Gasteiger partial charge in [0, 0.05) is 0 Å². The molecular formula is C8H3Cl2F6NO2S. The summed E-state index contributed by atoms with van der Waals surface area (Å²) in [6, 6.07) is 0.503. The second-order valence-electron chi connectivity index (χ2n) is 3.36. The van der Waals surface area contributed by atoms with Gasteiger partial charge in [0.1, 0.15) is 0 Å². The van der Waals surface area contributed by atoms with Crippen molar-refractivity contribution in [2.45, 2.75) is 11.7 Å². The van der Waals surface area contributed by atoms with Gasteiger partial charge in [0.25, 0.3) is 0 Å². The highest BCUT2D eigenvalue weighted by Crippen LogP contribution is 2.40. The first-order chi connectivity index (χ1) is 8.75. The van der Waals surface area contributed by atoms with E-state index in [-0.39, 0.29) is 12.1 Å². The Morgan fingerprint density at radius 1 is 0.950 bits per heavy atom. The van der Waals surface area contributed by atoms with Crippen LogP contribution in [0.3, 0.4) is 0 Å². The third-order valence-electron chi connectivity index (χ3n) is 1.91. The van der Waals surface area contributed by atoms with Gasteiger partial charge in [0.15, 0.2) is 0 Å². The highest BCUT2D eigenvalue weighted by Gasteiger charge is 2.46. The van der Waals surface area contributed by atoms with Crippen LogP contribution < -0.4 is 4.72 Å². The molecule has 0 saturated heterocycles. The maximum atomic E-state index is 12.4. The van der Waals surface area contributed by atoms with E-state index in [0.717, 1.165) is 4.72 Å². The minimum atomic E-state index is -5.84. The minimum Gasteiger partial charge on any atom is -0.273 e. The van der Waals surface area contributed by atoms with Gasteiger partial charge in [-0.05, 0) is 12.1 Å². The van der Waals surface area contributed by atoms with Gasteiger partial charge in [-0.1, -0.05) is 23.2 Å². The molecule has 12 heteroatoms. The average Bonchev–Trinajstić information content (AvgIpc) is 2.20. The molecule has 114 valence electrons. The second-order valence-corrected chi connectivity index (χ2v) is 5.85. The summed E-state index contributed by atoms with van der Waals surface area (Å²) in [5.41, 5.74) is -7.98. The molecule has 0 amide bonds. The summed E-state index contributed by atoms with van der Waals surface area (Å²) in [4.78, 5) is 0. The number of hydrogen-bond donors (Lipinski definition) is 1. The zero-order chi connectivity index (χ0) is 15.9. The Hall–Kier alpha value is -0.870. The monoisotopic (exact) mass is 361 g/mol. The second kappa shape index (κ2) is 5.15. The zero-order valence-electron chi connectivity index (χ0n) is 8.90.